The van der Waals surface area contributed by atoms with Crippen LogP contribution in [0, 0.1) is 6.92 Å². The molecular weight excluding hydrogens is 414 g/mol. The van der Waals surface area contributed by atoms with Gasteiger partial charge in [-0.25, -0.2) is 4.98 Å². The molecule has 5 nitrogen and oxygen atoms in total. The number of hydrogen-bond acceptors (Lipinski definition) is 5. The van der Waals surface area contributed by atoms with E-state index >= 15 is 0 Å². The monoisotopic (exact) mass is 435 g/mol. The fourth-order valence-corrected chi connectivity index (χ4v) is 4.51. The van der Waals surface area contributed by atoms with Crippen LogP contribution < -0.4 is 10.9 Å². The van der Waals surface area contributed by atoms with E-state index in [0.717, 1.165) is 21.7 Å². The van der Waals surface area contributed by atoms with Gasteiger partial charge in [0.2, 0.25) is 5.91 Å². The lowest BCUT2D eigenvalue weighted by Gasteiger charge is -2.08. The van der Waals surface area contributed by atoms with Crippen molar-refractivity contribution in [1.29, 1.82) is 0 Å². The Bertz CT molecular complexity index is 1240. The SMILES string of the molecule is CSc1ccc(NC(=O)CCn2cnc3scc(-c4ccc(C)cc4)c3c2=O)cc1. The maximum atomic E-state index is 13.1. The zero-order valence-electron chi connectivity index (χ0n) is 16.7. The second-order valence-corrected chi connectivity index (χ2v) is 8.70. The lowest BCUT2D eigenvalue weighted by molar-refractivity contribution is -0.116. The van der Waals surface area contributed by atoms with Crippen molar-refractivity contribution in [2.45, 2.75) is 24.8 Å². The Hall–Kier alpha value is -2.90. The summed E-state index contributed by atoms with van der Waals surface area (Å²) in [7, 11) is 0. The summed E-state index contributed by atoms with van der Waals surface area (Å²) < 4.78 is 1.52. The van der Waals surface area contributed by atoms with Gasteiger partial charge in [0.1, 0.15) is 4.83 Å². The van der Waals surface area contributed by atoms with E-state index in [9.17, 15) is 9.59 Å². The topological polar surface area (TPSA) is 64.0 Å². The number of thioether (sulfide) groups is 1. The van der Waals surface area contributed by atoms with Gasteiger partial charge in [0.25, 0.3) is 5.56 Å². The van der Waals surface area contributed by atoms with Gasteiger partial charge in [0, 0.05) is 34.5 Å². The molecule has 4 aromatic rings. The van der Waals surface area contributed by atoms with Crippen molar-refractivity contribution in [3.63, 3.8) is 0 Å². The van der Waals surface area contributed by atoms with E-state index in [-0.39, 0.29) is 24.4 Å². The Kier molecular flexibility index (Phi) is 6.01. The number of thiophene rings is 1. The maximum Gasteiger partial charge on any atom is 0.262 e. The average molecular weight is 436 g/mol. The Morgan fingerprint density at radius 3 is 2.57 bits per heavy atom. The van der Waals surface area contributed by atoms with Crippen LogP contribution >= 0.6 is 23.1 Å². The number of nitrogens with zero attached hydrogens (tertiary/aromatic N) is 2. The number of carbonyl (C=O) groups is 1. The third kappa shape index (κ3) is 4.32. The van der Waals surface area contributed by atoms with Gasteiger partial charge in [0.15, 0.2) is 0 Å². The highest BCUT2D eigenvalue weighted by Crippen LogP contribution is 2.30. The normalized spacial score (nSPS) is 11.0. The molecule has 0 aliphatic heterocycles. The second-order valence-electron chi connectivity index (χ2n) is 6.97. The first-order valence-electron chi connectivity index (χ1n) is 9.53. The highest BCUT2D eigenvalue weighted by Gasteiger charge is 2.14. The molecule has 0 aliphatic carbocycles. The largest absolute Gasteiger partial charge is 0.326 e. The quantitative estimate of drug-likeness (QED) is 0.424. The van der Waals surface area contributed by atoms with E-state index in [2.05, 4.69) is 10.3 Å². The molecule has 0 fully saturated rings. The zero-order chi connectivity index (χ0) is 21.1. The third-order valence-corrected chi connectivity index (χ3v) is 6.51. The van der Waals surface area contributed by atoms with Gasteiger partial charge in [-0.1, -0.05) is 29.8 Å². The molecular formula is C23H21N3O2S2. The van der Waals surface area contributed by atoms with Gasteiger partial charge in [-0.2, -0.15) is 0 Å². The van der Waals surface area contributed by atoms with Crippen molar-refractivity contribution in [1.82, 2.24) is 9.55 Å². The number of aryl methyl sites for hydroxylation is 2. The molecule has 0 unspecified atom stereocenters. The fourth-order valence-electron chi connectivity index (χ4n) is 3.19. The first-order chi connectivity index (χ1) is 14.5. The van der Waals surface area contributed by atoms with E-state index < -0.39 is 0 Å². The molecule has 0 saturated heterocycles. The number of aromatic nitrogens is 2. The van der Waals surface area contributed by atoms with Gasteiger partial charge >= 0.3 is 0 Å². The van der Waals surface area contributed by atoms with Gasteiger partial charge < -0.3 is 5.32 Å². The minimum Gasteiger partial charge on any atom is -0.326 e. The highest BCUT2D eigenvalue weighted by atomic mass is 32.2. The molecule has 0 aliphatic rings. The Balaban J connectivity index is 1.52. The van der Waals surface area contributed by atoms with E-state index in [0.29, 0.717) is 10.2 Å². The van der Waals surface area contributed by atoms with Crippen LogP contribution in [0.1, 0.15) is 12.0 Å². The van der Waals surface area contributed by atoms with Crippen LogP contribution in [-0.2, 0) is 11.3 Å². The maximum absolute atomic E-state index is 13.1. The number of carbonyl (C=O) groups excluding carboxylic acids is 1. The van der Waals surface area contributed by atoms with Crippen LogP contribution in [0.4, 0.5) is 5.69 Å². The molecule has 2 heterocycles. The zero-order valence-corrected chi connectivity index (χ0v) is 18.3. The van der Waals surface area contributed by atoms with Crippen LogP contribution in [0.25, 0.3) is 21.3 Å². The highest BCUT2D eigenvalue weighted by molar-refractivity contribution is 7.98. The molecule has 2 aromatic heterocycles. The summed E-state index contributed by atoms with van der Waals surface area (Å²) in [5.74, 6) is -0.136. The number of benzene rings is 2. The molecule has 2 aromatic carbocycles. The number of fused-ring (bicyclic) bond motifs is 1. The van der Waals surface area contributed by atoms with Gasteiger partial charge in [-0.15, -0.1) is 23.1 Å². The van der Waals surface area contributed by atoms with Gasteiger partial charge in [0.05, 0.1) is 11.7 Å². The summed E-state index contributed by atoms with van der Waals surface area (Å²) >= 11 is 3.11. The summed E-state index contributed by atoms with van der Waals surface area (Å²) in [5.41, 5.74) is 3.69. The van der Waals surface area contributed by atoms with Crippen LogP contribution in [-0.4, -0.2) is 21.7 Å². The smallest absolute Gasteiger partial charge is 0.262 e. The summed E-state index contributed by atoms with van der Waals surface area (Å²) in [6, 6.07) is 15.8. The first-order valence-corrected chi connectivity index (χ1v) is 11.6. The van der Waals surface area contributed by atoms with Crippen molar-refractivity contribution in [2.75, 3.05) is 11.6 Å². The number of hydrogen-bond donors (Lipinski definition) is 1. The standard InChI is InChI=1S/C23H21N3O2S2/c1-15-3-5-16(6-4-15)19-13-30-22-21(19)23(28)26(14-24-22)12-11-20(27)25-17-7-9-18(29-2)10-8-17/h3-10,13-14H,11-12H2,1-2H3,(H,25,27). The number of nitrogens with one attached hydrogen (secondary N) is 1. The number of anilines is 1. The molecule has 0 radical (unpaired) electrons. The van der Waals surface area contributed by atoms with Crippen molar-refractivity contribution < 1.29 is 4.79 Å². The Morgan fingerprint density at radius 2 is 1.87 bits per heavy atom. The molecule has 0 spiro atoms. The van der Waals surface area contributed by atoms with E-state index in [1.807, 2.05) is 67.1 Å². The predicted molar refractivity (Wildman–Crippen MR) is 126 cm³/mol. The minimum atomic E-state index is -0.136. The summed E-state index contributed by atoms with van der Waals surface area (Å²) in [4.78, 5) is 31.7. The van der Waals surface area contributed by atoms with Crippen LogP contribution in [0.5, 0.6) is 0 Å². The molecule has 0 bridgehead atoms. The summed E-state index contributed by atoms with van der Waals surface area (Å²) in [5, 5.41) is 5.46. The molecule has 0 atom stereocenters. The van der Waals surface area contributed by atoms with Gasteiger partial charge in [-0.3, -0.25) is 14.2 Å². The van der Waals surface area contributed by atoms with E-state index in [1.165, 1.54) is 27.8 Å². The van der Waals surface area contributed by atoms with Crippen LogP contribution in [0.3, 0.4) is 0 Å². The van der Waals surface area contributed by atoms with E-state index in [1.54, 1.807) is 11.8 Å². The first kappa shape index (κ1) is 20.4. The third-order valence-electron chi connectivity index (χ3n) is 4.88. The molecule has 152 valence electrons. The average Bonchev–Trinajstić information content (AvgIpc) is 3.19. The fraction of sp³-hybridized carbons (Fsp3) is 0.174. The lowest BCUT2D eigenvalue weighted by atomic mass is 10.1. The van der Waals surface area contributed by atoms with Crippen molar-refractivity contribution in [3.05, 3.63) is 76.2 Å². The summed E-state index contributed by atoms with van der Waals surface area (Å²) in [6.45, 7) is 2.31. The molecule has 1 N–H and O–H groups in total. The predicted octanol–water partition coefficient (Wildman–Crippen LogP) is 5.18. The van der Waals surface area contributed by atoms with Gasteiger partial charge in [-0.05, 0) is 43.0 Å². The van der Waals surface area contributed by atoms with Crippen molar-refractivity contribution >= 4 is 44.9 Å². The Labute approximate surface area is 182 Å². The van der Waals surface area contributed by atoms with Crippen molar-refractivity contribution in [3.8, 4) is 11.1 Å². The Morgan fingerprint density at radius 1 is 1.13 bits per heavy atom. The molecule has 0 saturated carbocycles. The molecule has 1 amide bonds. The summed E-state index contributed by atoms with van der Waals surface area (Å²) in [6.07, 6.45) is 3.73. The van der Waals surface area contributed by atoms with Crippen LogP contribution in [0.15, 0.2) is 69.9 Å². The van der Waals surface area contributed by atoms with E-state index in [4.69, 9.17) is 0 Å². The molecule has 7 heteroatoms. The van der Waals surface area contributed by atoms with Crippen LogP contribution in [0.2, 0.25) is 0 Å². The lowest BCUT2D eigenvalue weighted by Crippen LogP contribution is -2.23. The molecule has 30 heavy (non-hydrogen) atoms. The number of amides is 1. The second kappa shape index (κ2) is 8.85. The minimum absolute atomic E-state index is 0.117. The van der Waals surface area contributed by atoms with Crippen molar-refractivity contribution in [2.24, 2.45) is 0 Å². The molecule has 4 rings (SSSR count). The number of rotatable bonds is 6.